The van der Waals surface area contributed by atoms with Crippen LogP contribution in [0.25, 0.3) is 0 Å². The summed E-state index contributed by atoms with van der Waals surface area (Å²) in [5, 5.41) is 4.00. The van der Waals surface area contributed by atoms with E-state index >= 15 is 0 Å². The number of anilines is 1. The van der Waals surface area contributed by atoms with Crippen molar-refractivity contribution < 1.29 is 14.3 Å². The van der Waals surface area contributed by atoms with Crippen LogP contribution in [0.2, 0.25) is 10.0 Å². The molecular weight excluding hydrogens is 363 g/mol. The van der Waals surface area contributed by atoms with Gasteiger partial charge in [0.2, 0.25) is 0 Å². The minimum absolute atomic E-state index is 0.109. The van der Waals surface area contributed by atoms with Crippen molar-refractivity contribution in [1.82, 2.24) is 4.90 Å². The third-order valence-electron chi connectivity index (χ3n) is 3.48. The molecule has 0 radical (unpaired) electrons. The van der Waals surface area contributed by atoms with E-state index in [4.69, 9.17) is 23.2 Å². The Morgan fingerprint density at radius 3 is 2.12 bits per heavy atom. The van der Waals surface area contributed by atoms with Crippen LogP contribution in [-0.4, -0.2) is 30.6 Å². The molecule has 2 aromatic carbocycles. The number of benzene rings is 2. The average molecular weight is 381 g/mol. The third-order valence-corrected chi connectivity index (χ3v) is 3.99. The Hall–Kier alpha value is -2.24. The Balaban J connectivity index is 2.08. The van der Waals surface area contributed by atoms with Crippen molar-refractivity contribution in [2.24, 2.45) is 0 Å². The number of urea groups is 1. The SMILES string of the molecule is COC(=O)CCN(Cc1ccc(Cl)cc1)C(=O)Nc1ccc(Cl)cc1. The van der Waals surface area contributed by atoms with E-state index in [2.05, 4.69) is 10.1 Å². The van der Waals surface area contributed by atoms with Gasteiger partial charge < -0.3 is 15.0 Å². The van der Waals surface area contributed by atoms with Crippen LogP contribution in [0.4, 0.5) is 10.5 Å². The second-order valence-corrected chi connectivity index (χ2v) is 6.18. The molecule has 0 aliphatic carbocycles. The van der Waals surface area contributed by atoms with Crippen molar-refractivity contribution in [2.75, 3.05) is 19.0 Å². The summed E-state index contributed by atoms with van der Waals surface area (Å²) in [6.45, 7) is 0.572. The first kappa shape index (κ1) is 19.1. The van der Waals surface area contributed by atoms with Gasteiger partial charge in [-0.25, -0.2) is 4.79 Å². The Morgan fingerprint density at radius 2 is 1.56 bits per heavy atom. The summed E-state index contributed by atoms with van der Waals surface area (Å²) in [6, 6.07) is 13.7. The summed E-state index contributed by atoms with van der Waals surface area (Å²) in [6.07, 6.45) is 0.109. The van der Waals surface area contributed by atoms with Crippen LogP contribution in [0.1, 0.15) is 12.0 Å². The van der Waals surface area contributed by atoms with E-state index < -0.39 is 0 Å². The number of hydrogen-bond acceptors (Lipinski definition) is 3. The fourth-order valence-corrected chi connectivity index (χ4v) is 2.38. The predicted octanol–water partition coefficient (Wildman–Crippen LogP) is 4.59. The van der Waals surface area contributed by atoms with E-state index in [-0.39, 0.29) is 25.0 Å². The Bertz CT molecular complexity index is 718. The van der Waals surface area contributed by atoms with Crippen LogP contribution in [0, 0.1) is 0 Å². The maximum absolute atomic E-state index is 12.6. The first-order valence-electron chi connectivity index (χ1n) is 7.60. The summed E-state index contributed by atoms with van der Waals surface area (Å²) in [5.41, 5.74) is 1.52. The van der Waals surface area contributed by atoms with E-state index in [1.807, 2.05) is 12.1 Å². The van der Waals surface area contributed by atoms with E-state index in [1.165, 1.54) is 12.0 Å². The van der Waals surface area contributed by atoms with E-state index in [1.54, 1.807) is 36.4 Å². The van der Waals surface area contributed by atoms with Gasteiger partial charge in [0, 0.05) is 28.8 Å². The number of esters is 1. The maximum Gasteiger partial charge on any atom is 0.322 e. The van der Waals surface area contributed by atoms with Crippen molar-refractivity contribution >= 4 is 40.9 Å². The first-order valence-corrected chi connectivity index (χ1v) is 8.36. The summed E-state index contributed by atoms with van der Waals surface area (Å²) >= 11 is 11.7. The average Bonchev–Trinajstić information content (AvgIpc) is 2.61. The molecule has 0 aromatic heterocycles. The molecule has 2 rings (SSSR count). The molecule has 0 unspecified atom stereocenters. The quantitative estimate of drug-likeness (QED) is 0.745. The van der Waals surface area contributed by atoms with Crippen LogP contribution < -0.4 is 5.32 Å². The van der Waals surface area contributed by atoms with Crippen molar-refractivity contribution in [2.45, 2.75) is 13.0 Å². The van der Waals surface area contributed by atoms with Crippen molar-refractivity contribution in [3.05, 3.63) is 64.1 Å². The molecule has 132 valence electrons. The van der Waals surface area contributed by atoms with Gasteiger partial charge in [0.05, 0.1) is 13.5 Å². The molecule has 2 aromatic rings. The lowest BCUT2D eigenvalue weighted by Crippen LogP contribution is -2.36. The molecule has 1 N–H and O–H groups in total. The lowest BCUT2D eigenvalue weighted by molar-refractivity contribution is -0.140. The number of amides is 2. The van der Waals surface area contributed by atoms with Gasteiger partial charge in [0.25, 0.3) is 0 Å². The minimum atomic E-state index is -0.375. The summed E-state index contributed by atoms with van der Waals surface area (Å²) in [5.74, 6) is -0.375. The van der Waals surface area contributed by atoms with Gasteiger partial charge in [-0.2, -0.15) is 0 Å². The second kappa shape index (κ2) is 9.30. The minimum Gasteiger partial charge on any atom is -0.469 e. The monoisotopic (exact) mass is 380 g/mol. The molecule has 0 bridgehead atoms. The zero-order valence-corrected chi connectivity index (χ0v) is 15.2. The fraction of sp³-hybridized carbons (Fsp3) is 0.222. The Morgan fingerprint density at radius 1 is 1.00 bits per heavy atom. The molecule has 0 saturated carbocycles. The van der Waals surface area contributed by atoms with Crippen LogP contribution in [-0.2, 0) is 16.1 Å². The Labute approximate surface area is 156 Å². The fourth-order valence-electron chi connectivity index (χ4n) is 2.13. The van der Waals surface area contributed by atoms with Gasteiger partial charge in [-0.1, -0.05) is 35.3 Å². The summed E-state index contributed by atoms with van der Waals surface area (Å²) < 4.78 is 4.65. The highest BCUT2D eigenvalue weighted by Gasteiger charge is 2.16. The van der Waals surface area contributed by atoms with Gasteiger partial charge >= 0.3 is 12.0 Å². The molecule has 0 fully saturated rings. The lowest BCUT2D eigenvalue weighted by atomic mass is 10.2. The normalized spacial score (nSPS) is 10.2. The van der Waals surface area contributed by atoms with Crippen molar-refractivity contribution in [1.29, 1.82) is 0 Å². The maximum atomic E-state index is 12.6. The molecule has 0 aliphatic rings. The second-order valence-electron chi connectivity index (χ2n) is 5.31. The zero-order valence-electron chi connectivity index (χ0n) is 13.7. The molecule has 25 heavy (non-hydrogen) atoms. The predicted molar refractivity (Wildman–Crippen MR) is 99.0 cm³/mol. The highest BCUT2D eigenvalue weighted by molar-refractivity contribution is 6.30. The van der Waals surface area contributed by atoms with Gasteiger partial charge in [-0.05, 0) is 42.0 Å². The van der Waals surface area contributed by atoms with Gasteiger partial charge in [0.1, 0.15) is 0 Å². The first-order chi connectivity index (χ1) is 12.0. The number of methoxy groups -OCH3 is 1. The van der Waals surface area contributed by atoms with Crippen LogP contribution in [0.3, 0.4) is 0 Å². The van der Waals surface area contributed by atoms with Crippen LogP contribution in [0.5, 0.6) is 0 Å². The number of hydrogen-bond donors (Lipinski definition) is 1. The number of nitrogens with one attached hydrogen (secondary N) is 1. The summed E-state index contributed by atoms with van der Waals surface area (Å²) in [4.78, 5) is 25.5. The number of halogens is 2. The molecule has 0 aliphatic heterocycles. The smallest absolute Gasteiger partial charge is 0.322 e. The number of carbonyl (C=O) groups excluding carboxylic acids is 2. The molecule has 5 nitrogen and oxygen atoms in total. The largest absolute Gasteiger partial charge is 0.469 e. The number of rotatable bonds is 6. The summed E-state index contributed by atoms with van der Waals surface area (Å²) in [7, 11) is 1.32. The molecule has 2 amide bonds. The van der Waals surface area contributed by atoms with Crippen molar-refractivity contribution in [3.8, 4) is 0 Å². The van der Waals surface area contributed by atoms with Gasteiger partial charge in [-0.3, -0.25) is 4.79 Å². The van der Waals surface area contributed by atoms with Crippen LogP contribution >= 0.6 is 23.2 Å². The zero-order chi connectivity index (χ0) is 18.2. The number of carbonyl (C=O) groups is 2. The molecule has 0 atom stereocenters. The van der Waals surface area contributed by atoms with E-state index in [9.17, 15) is 9.59 Å². The lowest BCUT2D eigenvalue weighted by Gasteiger charge is -2.23. The molecule has 0 spiro atoms. The highest BCUT2D eigenvalue weighted by Crippen LogP contribution is 2.16. The van der Waals surface area contributed by atoms with E-state index in [0.29, 0.717) is 22.3 Å². The number of nitrogens with zero attached hydrogens (tertiary/aromatic N) is 1. The standard InChI is InChI=1S/C18H18Cl2N2O3/c1-25-17(23)10-11-22(12-13-2-4-14(19)5-3-13)18(24)21-16-8-6-15(20)7-9-16/h2-9H,10-12H2,1H3,(H,21,24). The van der Waals surface area contributed by atoms with E-state index in [0.717, 1.165) is 5.56 Å². The molecule has 7 heteroatoms. The third kappa shape index (κ3) is 6.29. The molecule has 0 heterocycles. The number of ether oxygens (including phenoxy) is 1. The van der Waals surface area contributed by atoms with Gasteiger partial charge in [0.15, 0.2) is 0 Å². The van der Waals surface area contributed by atoms with Crippen molar-refractivity contribution in [3.63, 3.8) is 0 Å². The topological polar surface area (TPSA) is 58.6 Å². The molecule has 0 saturated heterocycles. The van der Waals surface area contributed by atoms with Crippen LogP contribution in [0.15, 0.2) is 48.5 Å². The Kier molecular flexibility index (Phi) is 7.10. The van der Waals surface area contributed by atoms with Gasteiger partial charge in [-0.15, -0.1) is 0 Å². The molecular formula is C18H18Cl2N2O3. The highest BCUT2D eigenvalue weighted by atomic mass is 35.5.